The molecule has 0 spiro atoms. The summed E-state index contributed by atoms with van der Waals surface area (Å²) in [7, 11) is 0. The van der Waals surface area contributed by atoms with E-state index in [2.05, 4.69) is 5.32 Å². The Hall–Kier alpha value is -2.92. The normalized spacial score (nSPS) is 13.8. The number of amides is 2. The van der Waals surface area contributed by atoms with Crippen molar-refractivity contribution in [3.8, 4) is 10.4 Å². The van der Waals surface area contributed by atoms with Crippen LogP contribution in [0.15, 0.2) is 66.0 Å². The van der Waals surface area contributed by atoms with E-state index in [1.54, 1.807) is 28.4 Å². The Morgan fingerprint density at radius 1 is 1.04 bits per heavy atom. The van der Waals surface area contributed by atoms with Gasteiger partial charge in [-0.05, 0) is 42.1 Å². The van der Waals surface area contributed by atoms with E-state index in [4.69, 9.17) is 0 Å². The quantitative estimate of drug-likeness (QED) is 0.725. The van der Waals surface area contributed by atoms with Crippen molar-refractivity contribution < 1.29 is 9.59 Å². The highest BCUT2D eigenvalue weighted by atomic mass is 32.1. The zero-order valence-electron chi connectivity index (χ0n) is 14.1. The molecule has 2 heterocycles. The first-order chi connectivity index (χ1) is 12.7. The van der Waals surface area contributed by atoms with Gasteiger partial charge in [0.15, 0.2) is 0 Å². The lowest BCUT2D eigenvalue weighted by Gasteiger charge is -2.16. The number of benzene rings is 2. The maximum Gasteiger partial charge on any atom is 0.255 e. The molecule has 4 nitrogen and oxygen atoms in total. The lowest BCUT2D eigenvalue weighted by Crippen LogP contribution is -2.24. The smallest absolute Gasteiger partial charge is 0.255 e. The lowest BCUT2D eigenvalue weighted by molar-refractivity contribution is -0.117. The number of hydrogen-bond acceptors (Lipinski definition) is 3. The number of para-hydroxylation sites is 1. The van der Waals surface area contributed by atoms with Crippen LogP contribution in [0.1, 0.15) is 23.2 Å². The molecule has 2 aromatic carbocycles. The maximum absolute atomic E-state index is 12.8. The topological polar surface area (TPSA) is 49.4 Å². The lowest BCUT2D eigenvalue weighted by atomic mass is 10.1. The number of nitrogens with one attached hydrogen (secondary N) is 1. The Morgan fingerprint density at radius 3 is 2.69 bits per heavy atom. The summed E-state index contributed by atoms with van der Waals surface area (Å²) in [5.74, 6) is -0.0619. The zero-order chi connectivity index (χ0) is 17.9. The van der Waals surface area contributed by atoms with Crippen LogP contribution in [-0.2, 0) is 4.79 Å². The van der Waals surface area contributed by atoms with Gasteiger partial charge in [-0.15, -0.1) is 11.3 Å². The van der Waals surface area contributed by atoms with Crippen LogP contribution in [0, 0.1) is 0 Å². The monoisotopic (exact) mass is 362 g/mol. The van der Waals surface area contributed by atoms with Crippen molar-refractivity contribution in [1.29, 1.82) is 0 Å². The highest BCUT2D eigenvalue weighted by Gasteiger charge is 2.22. The molecule has 0 unspecified atom stereocenters. The minimum atomic E-state index is -0.178. The van der Waals surface area contributed by atoms with Gasteiger partial charge >= 0.3 is 0 Å². The molecule has 130 valence electrons. The number of anilines is 2. The van der Waals surface area contributed by atoms with E-state index >= 15 is 0 Å². The Morgan fingerprint density at radius 2 is 1.92 bits per heavy atom. The fourth-order valence-electron chi connectivity index (χ4n) is 3.17. The fourth-order valence-corrected chi connectivity index (χ4v) is 3.94. The van der Waals surface area contributed by atoms with Crippen molar-refractivity contribution >= 4 is 34.5 Å². The van der Waals surface area contributed by atoms with Crippen LogP contribution in [0.4, 0.5) is 11.4 Å². The van der Waals surface area contributed by atoms with Gasteiger partial charge in [-0.25, -0.2) is 0 Å². The maximum atomic E-state index is 12.8. The molecule has 1 fully saturated rings. The Labute approximate surface area is 156 Å². The van der Waals surface area contributed by atoms with Gasteiger partial charge in [0.2, 0.25) is 5.91 Å². The molecular weight excluding hydrogens is 344 g/mol. The molecule has 0 radical (unpaired) electrons. The standard InChI is InChI=1S/C21H18N2O2S/c24-20-11-4-12-23(20)16-7-3-6-15(14-16)21(25)22-18-9-2-1-8-17(18)19-10-5-13-26-19/h1-3,5-10,13-14H,4,11-12H2,(H,22,25). The summed E-state index contributed by atoms with van der Waals surface area (Å²) in [4.78, 5) is 27.6. The van der Waals surface area contributed by atoms with Crippen LogP contribution in [0.2, 0.25) is 0 Å². The third-order valence-electron chi connectivity index (χ3n) is 4.46. The minimum absolute atomic E-state index is 0.116. The van der Waals surface area contributed by atoms with Crippen molar-refractivity contribution in [3.63, 3.8) is 0 Å². The van der Waals surface area contributed by atoms with Gasteiger partial charge < -0.3 is 10.2 Å². The van der Waals surface area contributed by atoms with Gasteiger partial charge in [0.1, 0.15) is 0 Å². The fraction of sp³-hybridized carbons (Fsp3) is 0.143. The van der Waals surface area contributed by atoms with E-state index in [1.807, 2.05) is 53.9 Å². The van der Waals surface area contributed by atoms with E-state index in [-0.39, 0.29) is 11.8 Å². The van der Waals surface area contributed by atoms with Gasteiger partial charge in [0, 0.05) is 40.3 Å². The molecule has 4 rings (SSSR count). The summed E-state index contributed by atoms with van der Waals surface area (Å²) in [5, 5.41) is 5.03. The second kappa shape index (κ2) is 7.14. The van der Waals surface area contributed by atoms with Gasteiger partial charge in [-0.3, -0.25) is 9.59 Å². The van der Waals surface area contributed by atoms with Crippen LogP contribution in [0.5, 0.6) is 0 Å². The van der Waals surface area contributed by atoms with E-state index < -0.39 is 0 Å². The molecule has 1 saturated heterocycles. The molecule has 2 amide bonds. The molecule has 1 aromatic heterocycles. The molecular formula is C21H18N2O2S. The number of carbonyl (C=O) groups is 2. The molecule has 26 heavy (non-hydrogen) atoms. The summed E-state index contributed by atoms with van der Waals surface area (Å²) in [6.07, 6.45) is 1.44. The number of thiophene rings is 1. The van der Waals surface area contributed by atoms with E-state index in [0.29, 0.717) is 18.5 Å². The molecule has 3 aromatic rings. The Kier molecular flexibility index (Phi) is 4.54. The summed E-state index contributed by atoms with van der Waals surface area (Å²) in [6.45, 7) is 0.713. The zero-order valence-corrected chi connectivity index (χ0v) is 15.0. The highest BCUT2D eigenvalue weighted by molar-refractivity contribution is 7.13. The number of nitrogens with zero attached hydrogens (tertiary/aromatic N) is 1. The van der Waals surface area contributed by atoms with E-state index in [9.17, 15) is 9.59 Å². The summed E-state index contributed by atoms with van der Waals surface area (Å²) in [5.41, 5.74) is 3.11. The van der Waals surface area contributed by atoms with Crippen LogP contribution in [0.25, 0.3) is 10.4 Å². The van der Waals surface area contributed by atoms with Crippen LogP contribution < -0.4 is 10.2 Å². The highest BCUT2D eigenvalue weighted by Crippen LogP contribution is 2.31. The predicted octanol–water partition coefficient (Wildman–Crippen LogP) is 4.79. The number of hydrogen-bond donors (Lipinski definition) is 1. The minimum Gasteiger partial charge on any atom is -0.321 e. The Bertz CT molecular complexity index is 950. The largest absolute Gasteiger partial charge is 0.321 e. The molecule has 5 heteroatoms. The van der Waals surface area contributed by atoms with Crippen molar-refractivity contribution in [1.82, 2.24) is 0 Å². The molecule has 0 bridgehead atoms. The average molecular weight is 362 g/mol. The van der Waals surface area contributed by atoms with Crippen molar-refractivity contribution in [2.24, 2.45) is 0 Å². The first kappa shape index (κ1) is 16.5. The first-order valence-corrected chi connectivity index (χ1v) is 9.45. The molecule has 1 aliphatic rings. The Balaban J connectivity index is 1.59. The summed E-state index contributed by atoms with van der Waals surface area (Å²) < 4.78 is 0. The van der Waals surface area contributed by atoms with E-state index in [1.165, 1.54) is 0 Å². The van der Waals surface area contributed by atoms with Crippen LogP contribution >= 0.6 is 11.3 Å². The average Bonchev–Trinajstić information content (AvgIpc) is 3.34. The van der Waals surface area contributed by atoms with Gasteiger partial charge in [-0.2, -0.15) is 0 Å². The van der Waals surface area contributed by atoms with Crippen molar-refractivity contribution in [3.05, 3.63) is 71.6 Å². The third kappa shape index (κ3) is 3.26. The van der Waals surface area contributed by atoms with Gasteiger partial charge in [0.05, 0.1) is 0 Å². The summed E-state index contributed by atoms with van der Waals surface area (Å²) >= 11 is 1.64. The third-order valence-corrected chi connectivity index (χ3v) is 5.36. The second-order valence-electron chi connectivity index (χ2n) is 6.18. The van der Waals surface area contributed by atoms with Crippen molar-refractivity contribution in [2.75, 3.05) is 16.8 Å². The van der Waals surface area contributed by atoms with Crippen LogP contribution in [-0.4, -0.2) is 18.4 Å². The van der Waals surface area contributed by atoms with Gasteiger partial charge in [0.25, 0.3) is 5.91 Å². The molecule has 0 aliphatic carbocycles. The second-order valence-corrected chi connectivity index (χ2v) is 7.12. The first-order valence-electron chi connectivity index (χ1n) is 8.57. The van der Waals surface area contributed by atoms with E-state index in [0.717, 1.165) is 28.2 Å². The predicted molar refractivity (Wildman–Crippen MR) is 106 cm³/mol. The van der Waals surface area contributed by atoms with Crippen molar-refractivity contribution in [2.45, 2.75) is 12.8 Å². The molecule has 0 saturated carbocycles. The number of carbonyl (C=O) groups excluding carboxylic acids is 2. The SMILES string of the molecule is O=C(Nc1ccccc1-c1cccs1)c1cccc(N2CCCC2=O)c1. The molecule has 0 atom stereocenters. The molecule has 1 aliphatic heterocycles. The van der Waals surface area contributed by atoms with Crippen LogP contribution in [0.3, 0.4) is 0 Å². The molecule has 1 N–H and O–H groups in total. The summed E-state index contributed by atoms with van der Waals surface area (Å²) in [6, 6.07) is 19.1. The number of rotatable bonds is 4. The van der Waals surface area contributed by atoms with Gasteiger partial charge in [-0.1, -0.05) is 30.3 Å².